The zero-order valence-corrected chi connectivity index (χ0v) is 8.90. The summed E-state index contributed by atoms with van der Waals surface area (Å²) >= 11 is 0. The first-order valence-corrected chi connectivity index (χ1v) is 4.72. The zero-order valence-electron chi connectivity index (χ0n) is 8.90. The van der Waals surface area contributed by atoms with Crippen LogP contribution in [-0.4, -0.2) is 49.9 Å². The van der Waals surface area contributed by atoms with Crippen molar-refractivity contribution in [2.45, 2.75) is 31.7 Å². The van der Waals surface area contributed by atoms with E-state index in [2.05, 4.69) is 0 Å². The number of ether oxygens (including phenoxy) is 2. The van der Waals surface area contributed by atoms with E-state index in [1.54, 1.807) is 14.2 Å². The third-order valence-electron chi connectivity index (χ3n) is 2.77. The van der Waals surface area contributed by atoms with Crippen LogP contribution >= 0.6 is 0 Å². The largest absolute Gasteiger partial charge is 0.368 e. The van der Waals surface area contributed by atoms with Gasteiger partial charge in [-0.15, -0.1) is 0 Å². The molecule has 2 atom stereocenters. The second-order valence-electron chi connectivity index (χ2n) is 3.53. The Balaban J connectivity index is 2.52. The molecule has 0 aromatic rings. The van der Waals surface area contributed by atoms with Crippen LogP contribution in [0.3, 0.4) is 0 Å². The zero-order chi connectivity index (χ0) is 10.7. The highest BCUT2D eigenvalue weighted by Gasteiger charge is 2.38. The average molecular weight is 202 g/mol. The summed E-state index contributed by atoms with van der Waals surface area (Å²) in [6, 6.07) is -0.103. The van der Waals surface area contributed by atoms with E-state index < -0.39 is 0 Å². The molecule has 1 amide bonds. The van der Waals surface area contributed by atoms with Crippen LogP contribution in [0, 0.1) is 0 Å². The highest BCUT2D eigenvalue weighted by Crippen LogP contribution is 2.22. The van der Waals surface area contributed by atoms with Crippen LogP contribution in [0.1, 0.15) is 13.3 Å². The highest BCUT2D eigenvalue weighted by atomic mass is 16.7. The normalized spacial score (nSPS) is 24.7. The molecule has 0 bridgehead atoms. The van der Waals surface area contributed by atoms with Crippen molar-refractivity contribution in [3.8, 4) is 0 Å². The number of carbonyl (C=O) groups is 1. The third kappa shape index (κ3) is 2.05. The quantitative estimate of drug-likeness (QED) is 0.613. The molecule has 0 radical (unpaired) electrons. The van der Waals surface area contributed by atoms with Gasteiger partial charge in [0.15, 0.2) is 6.29 Å². The molecular formula is C9H18N2O3. The minimum Gasteiger partial charge on any atom is -0.368 e. The minimum atomic E-state index is -0.308. The Morgan fingerprint density at radius 2 is 2.07 bits per heavy atom. The number of carbonyl (C=O) groups excluding carboxylic acids is 1. The smallest absolute Gasteiger partial charge is 0.234 e. The number of hydrogen-bond donors (Lipinski definition) is 1. The van der Waals surface area contributed by atoms with Gasteiger partial charge in [0.05, 0.1) is 12.1 Å². The number of amides is 1. The fraction of sp³-hybridized carbons (Fsp3) is 0.889. The van der Waals surface area contributed by atoms with Gasteiger partial charge < -0.3 is 15.2 Å². The molecule has 14 heavy (non-hydrogen) atoms. The second kappa shape index (κ2) is 4.72. The molecule has 82 valence electrons. The van der Waals surface area contributed by atoms with Crippen molar-refractivity contribution in [1.82, 2.24) is 4.90 Å². The molecule has 5 nitrogen and oxygen atoms in total. The van der Waals surface area contributed by atoms with Gasteiger partial charge in [-0.25, -0.2) is 0 Å². The van der Waals surface area contributed by atoms with E-state index in [4.69, 9.17) is 15.2 Å². The van der Waals surface area contributed by atoms with E-state index >= 15 is 0 Å². The Kier molecular flexibility index (Phi) is 3.86. The van der Waals surface area contributed by atoms with Crippen LogP contribution < -0.4 is 5.73 Å². The van der Waals surface area contributed by atoms with Crippen molar-refractivity contribution in [2.75, 3.05) is 20.8 Å². The highest BCUT2D eigenvalue weighted by molar-refractivity contribution is 5.80. The molecular weight excluding hydrogens is 184 g/mol. The molecule has 1 heterocycles. The number of rotatable bonds is 5. The molecule has 1 rings (SSSR count). The first-order chi connectivity index (χ1) is 6.61. The maximum absolute atomic E-state index is 11.0. The summed E-state index contributed by atoms with van der Waals surface area (Å²) in [6.45, 7) is 2.84. The molecule has 1 aliphatic rings. The van der Waals surface area contributed by atoms with Crippen molar-refractivity contribution < 1.29 is 14.3 Å². The van der Waals surface area contributed by atoms with Gasteiger partial charge in [0.25, 0.3) is 0 Å². The van der Waals surface area contributed by atoms with Crippen LogP contribution in [0.4, 0.5) is 0 Å². The van der Waals surface area contributed by atoms with Gasteiger partial charge in [0.1, 0.15) is 0 Å². The van der Waals surface area contributed by atoms with Gasteiger partial charge in [0.2, 0.25) is 5.91 Å². The number of nitrogens with zero attached hydrogens (tertiary/aromatic N) is 1. The summed E-state index contributed by atoms with van der Waals surface area (Å²) in [6.07, 6.45) is 0.525. The molecule has 0 saturated carbocycles. The van der Waals surface area contributed by atoms with E-state index in [0.29, 0.717) is 0 Å². The lowest BCUT2D eigenvalue weighted by molar-refractivity contribution is -0.165. The minimum absolute atomic E-state index is 0.0521. The number of primary amides is 1. The van der Waals surface area contributed by atoms with Crippen LogP contribution in [0.5, 0.6) is 0 Å². The van der Waals surface area contributed by atoms with Crippen molar-refractivity contribution in [3.05, 3.63) is 0 Å². The lowest BCUT2D eigenvalue weighted by Gasteiger charge is -2.44. The van der Waals surface area contributed by atoms with Crippen molar-refractivity contribution in [2.24, 2.45) is 5.73 Å². The van der Waals surface area contributed by atoms with Crippen molar-refractivity contribution in [3.63, 3.8) is 0 Å². The fourth-order valence-electron chi connectivity index (χ4n) is 1.85. The maximum Gasteiger partial charge on any atom is 0.234 e. The molecule has 5 heteroatoms. The van der Waals surface area contributed by atoms with Gasteiger partial charge >= 0.3 is 0 Å². The topological polar surface area (TPSA) is 64.8 Å². The summed E-state index contributed by atoms with van der Waals surface area (Å²) in [4.78, 5) is 13.0. The Morgan fingerprint density at radius 1 is 1.50 bits per heavy atom. The van der Waals surface area contributed by atoms with E-state index in [9.17, 15) is 4.79 Å². The van der Waals surface area contributed by atoms with Crippen LogP contribution in [0.15, 0.2) is 0 Å². The standard InChI is InChI=1S/C9H18N2O3/c1-6(9(13-2)14-3)11-5-4-7(11)8(10)12/h6-7,9H,4-5H2,1-3H3,(H2,10,12). The molecule has 2 N–H and O–H groups in total. The van der Waals surface area contributed by atoms with Crippen molar-refractivity contribution in [1.29, 1.82) is 0 Å². The third-order valence-corrected chi connectivity index (χ3v) is 2.77. The Hall–Kier alpha value is -0.650. The Labute approximate surface area is 84.1 Å². The monoisotopic (exact) mass is 202 g/mol. The Morgan fingerprint density at radius 3 is 2.36 bits per heavy atom. The molecule has 1 fully saturated rings. The summed E-state index contributed by atoms with van der Waals surface area (Å²) in [5.74, 6) is -0.269. The summed E-state index contributed by atoms with van der Waals surface area (Å²) in [7, 11) is 3.17. The molecule has 0 aliphatic carbocycles. The van der Waals surface area contributed by atoms with Gasteiger partial charge in [-0.05, 0) is 13.3 Å². The number of methoxy groups -OCH3 is 2. The molecule has 2 unspecified atom stereocenters. The maximum atomic E-state index is 11.0. The predicted octanol–water partition coefficient (Wildman–Crippen LogP) is -0.447. The summed E-state index contributed by atoms with van der Waals surface area (Å²) in [5.41, 5.74) is 5.25. The van der Waals surface area contributed by atoms with Crippen LogP contribution in [0.25, 0.3) is 0 Å². The fourth-order valence-corrected chi connectivity index (χ4v) is 1.85. The van der Waals surface area contributed by atoms with Gasteiger partial charge in [0, 0.05) is 20.8 Å². The van der Waals surface area contributed by atoms with Crippen LogP contribution in [0.2, 0.25) is 0 Å². The predicted molar refractivity (Wildman–Crippen MR) is 51.6 cm³/mol. The lowest BCUT2D eigenvalue weighted by atomic mass is 9.99. The van der Waals surface area contributed by atoms with Crippen molar-refractivity contribution >= 4 is 5.91 Å². The molecule has 0 aromatic carbocycles. The SMILES string of the molecule is COC(OC)C(C)N1CCC1C(N)=O. The molecule has 1 aliphatic heterocycles. The number of hydrogen-bond acceptors (Lipinski definition) is 4. The van der Waals surface area contributed by atoms with Crippen LogP contribution in [-0.2, 0) is 14.3 Å². The summed E-state index contributed by atoms with van der Waals surface area (Å²) in [5, 5.41) is 0. The first-order valence-electron chi connectivity index (χ1n) is 4.72. The number of likely N-dealkylation sites (tertiary alicyclic amines) is 1. The van der Waals surface area contributed by atoms with E-state index in [0.717, 1.165) is 13.0 Å². The average Bonchev–Trinajstić information content (AvgIpc) is 2.02. The lowest BCUT2D eigenvalue weighted by Crippen LogP contribution is -2.61. The van der Waals surface area contributed by atoms with Gasteiger partial charge in [-0.2, -0.15) is 0 Å². The van der Waals surface area contributed by atoms with E-state index in [-0.39, 0.29) is 24.3 Å². The first kappa shape index (κ1) is 11.4. The summed E-state index contributed by atoms with van der Waals surface area (Å²) < 4.78 is 10.3. The Bertz CT molecular complexity index is 206. The number of nitrogens with two attached hydrogens (primary N) is 1. The molecule has 0 aromatic heterocycles. The second-order valence-corrected chi connectivity index (χ2v) is 3.53. The molecule has 0 spiro atoms. The van der Waals surface area contributed by atoms with Gasteiger partial charge in [-0.3, -0.25) is 9.69 Å². The molecule has 1 saturated heterocycles. The van der Waals surface area contributed by atoms with Gasteiger partial charge in [-0.1, -0.05) is 0 Å². The van der Waals surface area contributed by atoms with E-state index in [1.807, 2.05) is 11.8 Å². The van der Waals surface area contributed by atoms with E-state index in [1.165, 1.54) is 0 Å².